The summed E-state index contributed by atoms with van der Waals surface area (Å²) in [6, 6.07) is -0.714. The molecular weight excluding hydrogens is 340 g/mol. The molecular formula is C14H24N2O9. The van der Waals surface area contributed by atoms with Crippen LogP contribution in [0.1, 0.15) is 6.92 Å². The van der Waals surface area contributed by atoms with Crippen molar-refractivity contribution in [1.29, 1.82) is 0 Å². The van der Waals surface area contributed by atoms with Crippen molar-refractivity contribution in [2.24, 2.45) is 0 Å². The van der Waals surface area contributed by atoms with E-state index < -0.39 is 42.8 Å². The number of rotatable bonds is 10. The topological polar surface area (TPSA) is 164 Å². The lowest BCUT2D eigenvalue weighted by atomic mass is 9.98. The average Bonchev–Trinajstić information content (AvgIpc) is 2.53. The quantitative estimate of drug-likeness (QED) is 0.252. The molecule has 1 saturated heterocycles. The molecule has 0 radical (unpaired) electrons. The number of amides is 2. The van der Waals surface area contributed by atoms with Crippen LogP contribution in [-0.4, -0.2) is 97.0 Å². The third-order valence-electron chi connectivity index (χ3n) is 3.35. The Balaban J connectivity index is 2.19. The predicted molar refractivity (Wildman–Crippen MR) is 81.6 cm³/mol. The molecule has 0 spiro atoms. The van der Waals surface area contributed by atoms with E-state index in [0.717, 1.165) is 0 Å². The average molecular weight is 364 g/mol. The second kappa shape index (κ2) is 10.9. The van der Waals surface area contributed by atoms with Crippen molar-refractivity contribution >= 4 is 17.8 Å². The number of carbonyl (C=O) groups excluding carboxylic acids is 2. The first-order valence-electron chi connectivity index (χ1n) is 7.70. The molecule has 1 rings (SSSR count). The van der Waals surface area contributed by atoms with E-state index in [1.165, 1.54) is 6.92 Å². The van der Waals surface area contributed by atoms with Crippen molar-refractivity contribution in [1.82, 2.24) is 10.6 Å². The molecule has 0 saturated carbocycles. The van der Waals surface area contributed by atoms with Gasteiger partial charge in [-0.3, -0.25) is 9.59 Å². The minimum atomic E-state index is -1.27. The minimum absolute atomic E-state index is 0.00968. The molecule has 0 aromatic heterocycles. The summed E-state index contributed by atoms with van der Waals surface area (Å²) in [5.41, 5.74) is 0. The van der Waals surface area contributed by atoms with Crippen molar-refractivity contribution in [3.8, 4) is 0 Å². The van der Waals surface area contributed by atoms with Gasteiger partial charge in [-0.2, -0.15) is 0 Å². The van der Waals surface area contributed by atoms with Gasteiger partial charge in [0.05, 0.1) is 25.9 Å². The first-order valence-corrected chi connectivity index (χ1v) is 7.70. The fourth-order valence-corrected chi connectivity index (χ4v) is 2.16. The number of ether oxygens (including phenoxy) is 3. The molecule has 1 aliphatic heterocycles. The van der Waals surface area contributed by atoms with Crippen LogP contribution in [0.2, 0.25) is 0 Å². The molecule has 1 heterocycles. The Hall–Kier alpha value is -1.79. The molecule has 1 aliphatic rings. The Kier molecular flexibility index (Phi) is 9.31. The zero-order valence-corrected chi connectivity index (χ0v) is 13.8. The summed E-state index contributed by atoms with van der Waals surface area (Å²) in [5.74, 6) is -1.91. The number of carbonyl (C=O) groups is 3. The number of aliphatic hydroxyl groups is 2. The first-order chi connectivity index (χ1) is 11.8. The Morgan fingerprint density at radius 3 is 2.36 bits per heavy atom. The molecule has 25 heavy (non-hydrogen) atoms. The van der Waals surface area contributed by atoms with Gasteiger partial charge in [-0.25, -0.2) is 4.79 Å². The predicted octanol–water partition coefficient (Wildman–Crippen LogP) is -3.15. The summed E-state index contributed by atoms with van der Waals surface area (Å²) in [7, 11) is 0. The lowest BCUT2D eigenvalue weighted by molar-refractivity contribution is -0.155. The third kappa shape index (κ3) is 8.23. The molecule has 0 aromatic rings. The summed E-state index contributed by atoms with van der Waals surface area (Å²) >= 11 is 0. The van der Waals surface area contributed by atoms with E-state index in [2.05, 4.69) is 10.6 Å². The van der Waals surface area contributed by atoms with Gasteiger partial charge in [-0.05, 0) is 0 Å². The van der Waals surface area contributed by atoms with Crippen molar-refractivity contribution in [2.45, 2.75) is 31.3 Å². The summed E-state index contributed by atoms with van der Waals surface area (Å²) in [6.45, 7) is 0.655. The summed E-state index contributed by atoms with van der Waals surface area (Å²) in [5, 5.41) is 33.2. The molecule has 11 heteroatoms. The van der Waals surface area contributed by atoms with E-state index in [1.54, 1.807) is 0 Å². The molecule has 0 unspecified atom stereocenters. The number of aliphatic carboxylic acids is 1. The zero-order valence-electron chi connectivity index (χ0n) is 13.8. The number of aliphatic hydroxyl groups excluding tert-OH is 2. The minimum Gasteiger partial charge on any atom is -0.480 e. The maximum atomic E-state index is 11.6. The van der Waals surface area contributed by atoms with E-state index >= 15 is 0 Å². The standard InChI is InChI=1S/C14H24N2O9/c1-8(17)16-9-5-25-10(14(22)13(9)21)4-15-11(18)6-23-2-3-24-7-12(19)20/h9-10,13-14,21-22H,2-7H2,1H3,(H,15,18)(H,16,17)(H,19,20)/t9-,10+,13+,14-/m0/s1. The highest BCUT2D eigenvalue weighted by Gasteiger charge is 2.38. The van der Waals surface area contributed by atoms with Crippen LogP contribution in [0.4, 0.5) is 0 Å². The molecule has 4 atom stereocenters. The van der Waals surface area contributed by atoms with E-state index in [9.17, 15) is 24.6 Å². The monoisotopic (exact) mass is 364 g/mol. The Labute approximate surface area is 144 Å². The largest absolute Gasteiger partial charge is 0.480 e. The number of carboxylic acids is 1. The molecule has 5 N–H and O–H groups in total. The van der Waals surface area contributed by atoms with Gasteiger partial charge in [0.1, 0.15) is 31.5 Å². The molecule has 144 valence electrons. The third-order valence-corrected chi connectivity index (χ3v) is 3.35. The SMILES string of the molecule is CC(=O)N[C@H]1CO[C@H](CNC(=O)COCCOCC(=O)O)[C@H](O)[C@@H]1O. The van der Waals surface area contributed by atoms with Gasteiger partial charge in [-0.1, -0.05) is 0 Å². The molecule has 0 aliphatic carbocycles. The van der Waals surface area contributed by atoms with Crippen LogP contribution in [0.3, 0.4) is 0 Å². The molecule has 0 aromatic carbocycles. The highest BCUT2D eigenvalue weighted by atomic mass is 16.5. The second-order valence-electron chi connectivity index (χ2n) is 5.46. The van der Waals surface area contributed by atoms with Crippen LogP contribution in [0.25, 0.3) is 0 Å². The van der Waals surface area contributed by atoms with Crippen LogP contribution in [0.15, 0.2) is 0 Å². The lowest BCUT2D eigenvalue weighted by Crippen LogP contribution is -2.61. The molecule has 1 fully saturated rings. The number of carboxylic acid groups (broad SMARTS) is 1. The fraction of sp³-hybridized carbons (Fsp3) is 0.786. The lowest BCUT2D eigenvalue weighted by Gasteiger charge is -2.37. The van der Waals surface area contributed by atoms with Gasteiger partial charge >= 0.3 is 5.97 Å². The highest BCUT2D eigenvalue weighted by Crippen LogP contribution is 2.15. The molecule has 0 bridgehead atoms. The Morgan fingerprint density at radius 1 is 1.12 bits per heavy atom. The molecule has 11 nitrogen and oxygen atoms in total. The summed E-state index contributed by atoms with van der Waals surface area (Å²) in [6.07, 6.45) is -3.29. The van der Waals surface area contributed by atoms with Crippen molar-refractivity contribution < 1.29 is 43.9 Å². The van der Waals surface area contributed by atoms with E-state index in [0.29, 0.717) is 0 Å². The summed E-state index contributed by atoms with van der Waals surface area (Å²) in [4.78, 5) is 32.8. The maximum absolute atomic E-state index is 11.6. The Bertz CT molecular complexity index is 460. The fourth-order valence-electron chi connectivity index (χ4n) is 2.16. The normalized spacial score (nSPS) is 26.0. The number of hydrogen-bond acceptors (Lipinski definition) is 8. The van der Waals surface area contributed by atoms with E-state index in [1.807, 2.05) is 0 Å². The Morgan fingerprint density at radius 2 is 1.76 bits per heavy atom. The van der Waals surface area contributed by atoms with Gasteiger partial charge in [-0.15, -0.1) is 0 Å². The van der Waals surface area contributed by atoms with Crippen LogP contribution in [0.5, 0.6) is 0 Å². The van der Waals surface area contributed by atoms with E-state index in [4.69, 9.17) is 19.3 Å². The van der Waals surface area contributed by atoms with Crippen LogP contribution in [-0.2, 0) is 28.6 Å². The summed E-state index contributed by atoms with van der Waals surface area (Å²) < 4.78 is 15.1. The first kappa shape index (κ1) is 21.3. The van der Waals surface area contributed by atoms with Crippen molar-refractivity contribution in [3.63, 3.8) is 0 Å². The number of nitrogens with one attached hydrogen (secondary N) is 2. The van der Waals surface area contributed by atoms with Crippen molar-refractivity contribution in [2.75, 3.05) is 39.6 Å². The van der Waals surface area contributed by atoms with Gasteiger partial charge in [0, 0.05) is 13.5 Å². The smallest absolute Gasteiger partial charge is 0.329 e. The van der Waals surface area contributed by atoms with Gasteiger partial charge in [0.15, 0.2) is 0 Å². The van der Waals surface area contributed by atoms with Gasteiger partial charge < -0.3 is 40.2 Å². The van der Waals surface area contributed by atoms with Crippen LogP contribution in [0, 0.1) is 0 Å². The van der Waals surface area contributed by atoms with Crippen molar-refractivity contribution in [3.05, 3.63) is 0 Å². The maximum Gasteiger partial charge on any atom is 0.329 e. The van der Waals surface area contributed by atoms with E-state index in [-0.39, 0.29) is 38.9 Å². The van der Waals surface area contributed by atoms with Crippen LogP contribution >= 0.6 is 0 Å². The number of hydrogen-bond donors (Lipinski definition) is 5. The molecule has 2 amide bonds. The van der Waals surface area contributed by atoms with Crippen LogP contribution < -0.4 is 10.6 Å². The highest BCUT2D eigenvalue weighted by molar-refractivity contribution is 5.77. The zero-order chi connectivity index (χ0) is 18.8. The second-order valence-corrected chi connectivity index (χ2v) is 5.46. The van der Waals surface area contributed by atoms with Gasteiger partial charge in [0.2, 0.25) is 11.8 Å². The van der Waals surface area contributed by atoms with Gasteiger partial charge in [0.25, 0.3) is 0 Å².